The molecule has 0 radical (unpaired) electrons. The van der Waals surface area contributed by atoms with Crippen molar-refractivity contribution >= 4 is 17.4 Å². The van der Waals surface area contributed by atoms with Crippen molar-refractivity contribution in [1.82, 2.24) is 0 Å². The number of rotatable bonds is 2. The summed E-state index contributed by atoms with van der Waals surface area (Å²) in [6.07, 6.45) is 0. The molecule has 17 heavy (non-hydrogen) atoms. The van der Waals surface area contributed by atoms with Gasteiger partial charge in [-0.25, -0.2) is 0 Å². The largest absolute Gasteiger partial charge is 0.506 e. The Morgan fingerprint density at radius 1 is 0.706 bits per heavy atom. The summed E-state index contributed by atoms with van der Waals surface area (Å²) in [6.45, 7) is 0. The third kappa shape index (κ3) is 2.71. The lowest BCUT2D eigenvalue weighted by molar-refractivity contribution is 0.477. The lowest BCUT2D eigenvalue weighted by Gasteiger charge is -1.94. The summed E-state index contributed by atoms with van der Waals surface area (Å²) in [5.74, 6) is 0.125. The molecule has 2 aromatic rings. The Balaban J connectivity index is 2.28. The third-order valence-corrected chi connectivity index (χ3v) is 2.10. The maximum absolute atomic E-state index is 9.44. The van der Waals surface area contributed by atoms with E-state index in [0.717, 1.165) is 0 Å². The lowest BCUT2D eigenvalue weighted by atomic mass is 10.3. The van der Waals surface area contributed by atoms with E-state index in [4.69, 9.17) is 0 Å². The Bertz CT molecular complexity index is 538. The van der Waals surface area contributed by atoms with Crippen LogP contribution in [0.2, 0.25) is 0 Å². The SMILES string of the molecule is Oc1ccccc1N=C=Nc1ccccc1O. The topological polar surface area (TPSA) is 65.2 Å². The van der Waals surface area contributed by atoms with Gasteiger partial charge in [-0.2, -0.15) is 9.98 Å². The van der Waals surface area contributed by atoms with Crippen LogP contribution in [0.15, 0.2) is 58.5 Å². The summed E-state index contributed by atoms with van der Waals surface area (Å²) in [5.41, 5.74) is 0.762. The molecule has 0 aliphatic rings. The summed E-state index contributed by atoms with van der Waals surface area (Å²) in [6, 6.07) is 15.7. The molecular weight excluding hydrogens is 216 g/mol. The van der Waals surface area contributed by atoms with Gasteiger partial charge >= 0.3 is 0 Å². The van der Waals surface area contributed by atoms with Gasteiger partial charge in [0, 0.05) is 0 Å². The van der Waals surface area contributed by atoms with E-state index in [1.807, 2.05) is 0 Å². The van der Waals surface area contributed by atoms with E-state index in [1.165, 1.54) is 12.1 Å². The van der Waals surface area contributed by atoms with Crippen LogP contribution in [0.3, 0.4) is 0 Å². The van der Waals surface area contributed by atoms with Crippen LogP contribution in [-0.4, -0.2) is 16.2 Å². The maximum Gasteiger partial charge on any atom is 0.142 e. The van der Waals surface area contributed by atoms with Crippen LogP contribution in [0.1, 0.15) is 0 Å². The minimum Gasteiger partial charge on any atom is -0.506 e. The molecule has 0 unspecified atom stereocenters. The molecule has 0 aromatic heterocycles. The highest BCUT2D eigenvalue weighted by Crippen LogP contribution is 2.26. The predicted molar refractivity (Wildman–Crippen MR) is 65.4 cm³/mol. The average molecular weight is 226 g/mol. The number of phenolic OH excluding ortho intramolecular Hbond substituents is 2. The van der Waals surface area contributed by atoms with E-state index >= 15 is 0 Å². The molecule has 0 amide bonds. The zero-order valence-corrected chi connectivity index (χ0v) is 8.91. The Labute approximate surface area is 98.2 Å². The van der Waals surface area contributed by atoms with Crippen LogP contribution in [0, 0.1) is 0 Å². The minimum absolute atomic E-state index is 0.0625. The Morgan fingerprint density at radius 3 is 1.53 bits per heavy atom. The van der Waals surface area contributed by atoms with E-state index in [0.29, 0.717) is 11.4 Å². The maximum atomic E-state index is 9.44. The van der Waals surface area contributed by atoms with Gasteiger partial charge in [0.05, 0.1) is 0 Å². The van der Waals surface area contributed by atoms with Gasteiger partial charge in [-0.1, -0.05) is 24.3 Å². The van der Waals surface area contributed by atoms with Crippen LogP contribution >= 0.6 is 0 Å². The van der Waals surface area contributed by atoms with Gasteiger partial charge in [-0.05, 0) is 24.3 Å². The van der Waals surface area contributed by atoms with Crippen molar-refractivity contribution in [2.75, 3.05) is 0 Å². The van der Waals surface area contributed by atoms with E-state index in [-0.39, 0.29) is 11.5 Å². The smallest absolute Gasteiger partial charge is 0.142 e. The first-order valence-electron chi connectivity index (χ1n) is 5.00. The van der Waals surface area contributed by atoms with Crippen molar-refractivity contribution in [2.45, 2.75) is 0 Å². The molecule has 0 fully saturated rings. The van der Waals surface area contributed by atoms with Gasteiger partial charge in [0.15, 0.2) is 0 Å². The fourth-order valence-electron chi connectivity index (χ4n) is 1.25. The summed E-state index contributed by atoms with van der Waals surface area (Å²) in [7, 11) is 0. The second-order valence-electron chi connectivity index (χ2n) is 3.30. The molecule has 84 valence electrons. The number of hydrogen-bond acceptors (Lipinski definition) is 4. The van der Waals surface area contributed by atoms with Crippen molar-refractivity contribution in [1.29, 1.82) is 0 Å². The van der Waals surface area contributed by atoms with Gasteiger partial charge in [0.1, 0.15) is 28.9 Å². The van der Waals surface area contributed by atoms with E-state index in [2.05, 4.69) is 16.0 Å². The fraction of sp³-hybridized carbons (Fsp3) is 0. The monoisotopic (exact) mass is 226 g/mol. The first kappa shape index (κ1) is 10.9. The number of aliphatic imine (C=N–C) groups is 2. The fourth-order valence-corrected chi connectivity index (χ4v) is 1.25. The number of aromatic hydroxyl groups is 2. The molecule has 0 heterocycles. The van der Waals surface area contributed by atoms with E-state index in [1.54, 1.807) is 36.4 Å². The molecule has 0 saturated carbocycles. The molecule has 0 aliphatic heterocycles. The van der Waals surface area contributed by atoms with E-state index < -0.39 is 0 Å². The van der Waals surface area contributed by atoms with Crippen molar-refractivity contribution in [3.8, 4) is 11.5 Å². The second-order valence-corrected chi connectivity index (χ2v) is 3.30. The van der Waals surface area contributed by atoms with Crippen molar-refractivity contribution in [3.05, 3.63) is 48.5 Å². The van der Waals surface area contributed by atoms with Gasteiger partial charge in [-0.15, -0.1) is 0 Å². The summed E-state index contributed by atoms with van der Waals surface area (Å²) in [5, 5.41) is 18.9. The van der Waals surface area contributed by atoms with Crippen LogP contribution in [-0.2, 0) is 0 Å². The van der Waals surface area contributed by atoms with Crippen molar-refractivity contribution in [2.24, 2.45) is 9.98 Å². The molecule has 0 aliphatic carbocycles. The zero-order chi connectivity index (χ0) is 12.1. The minimum atomic E-state index is 0.0625. The normalized spacial score (nSPS) is 9.41. The van der Waals surface area contributed by atoms with Crippen molar-refractivity contribution < 1.29 is 10.2 Å². The highest BCUT2D eigenvalue weighted by atomic mass is 16.3. The summed E-state index contributed by atoms with van der Waals surface area (Å²) in [4.78, 5) is 7.73. The van der Waals surface area contributed by atoms with Crippen LogP contribution < -0.4 is 0 Å². The van der Waals surface area contributed by atoms with Crippen molar-refractivity contribution in [3.63, 3.8) is 0 Å². The summed E-state index contributed by atoms with van der Waals surface area (Å²) < 4.78 is 0. The number of benzene rings is 2. The van der Waals surface area contributed by atoms with Gasteiger partial charge in [-0.3, -0.25) is 0 Å². The molecule has 2 aromatic carbocycles. The molecule has 0 bridgehead atoms. The highest BCUT2D eigenvalue weighted by molar-refractivity contribution is 5.63. The molecule has 0 saturated heterocycles. The molecule has 4 nitrogen and oxygen atoms in total. The van der Waals surface area contributed by atoms with Gasteiger partial charge in [0.2, 0.25) is 0 Å². The predicted octanol–water partition coefficient (Wildman–Crippen LogP) is 3.23. The number of phenols is 2. The third-order valence-electron chi connectivity index (χ3n) is 2.10. The first-order valence-corrected chi connectivity index (χ1v) is 5.00. The van der Waals surface area contributed by atoms with Crippen LogP contribution in [0.25, 0.3) is 0 Å². The van der Waals surface area contributed by atoms with E-state index in [9.17, 15) is 10.2 Å². The molecular formula is C13H10N2O2. The number of nitrogens with zero attached hydrogens (tertiary/aromatic N) is 2. The first-order chi connectivity index (χ1) is 8.27. The van der Waals surface area contributed by atoms with Gasteiger partial charge < -0.3 is 10.2 Å². The standard InChI is InChI=1S/C13H10N2O2/c16-12-7-3-1-5-10(12)14-9-15-11-6-2-4-8-13(11)17/h1-8,16-17H. The molecule has 4 heteroatoms. The Kier molecular flexibility index (Phi) is 3.19. The van der Waals surface area contributed by atoms with Crippen LogP contribution in [0.4, 0.5) is 11.4 Å². The Hall–Kier alpha value is -2.58. The molecule has 2 N–H and O–H groups in total. The quantitative estimate of drug-likeness (QED) is 0.772. The Morgan fingerprint density at radius 2 is 1.12 bits per heavy atom. The zero-order valence-electron chi connectivity index (χ0n) is 8.91. The molecule has 0 atom stereocenters. The highest BCUT2D eigenvalue weighted by Gasteiger charge is 1.96. The number of para-hydroxylation sites is 4. The van der Waals surface area contributed by atoms with Gasteiger partial charge in [0.25, 0.3) is 0 Å². The second kappa shape index (κ2) is 4.96. The number of hydrogen-bond donors (Lipinski definition) is 2. The van der Waals surface area contributed by atoms with Crippen LogP contribution in [0.5, 0.6) is 11.5 Å². The summed E-state index contributed by atoms with van der Waals surface area (Å²) >= 11 is 0. The molecule has 0 spiro atoms. The lowest BCUT2D eigenvalue weighted by Crippen LogP contribution is -1.68. The average Bonchev–Trinajstić information content (AvgIpc) is 2.34. The molecule has 2 rings (SSSR count).